The Morgan fingerprint density at radius 2 is 2.00 bits per heavy atom. The van der Waals surface area contributed by atoms with Crippen molar-refractivity contribution >= 4 is 40.4 Å². The number of halogens is 2. The molecule has 3 aromatic rings. The fraction of sp³-hybridized carbons (Fsp3) is 0. The standard InChI is InChI=1S/C14H9Cl2N3O/c15-11-3-2-10(7-12(11)16)18-14(20)9-1-4-13-17-5-6-19(13)8-9/h1-8H,(H,18,20). The van der Waals surface area contributed by atoms with Gasteiger partial charge >= 0.3 is 0 Å². The molecule has 2 heterocycles. The van der Waals surface area contributed by atoms with Crippen LogP contribution in [0.5, 0.6) is 0 Å². The van der Waals surface area contributed by atoms with Crippen LogP contribution in [0.25, 0.3) is 5.65 Å². The molecule has 0 aliphatic carbocycles. The molecule has 0 fully saturated rings. The number of imidazole rings is 1. The van der Waals surface area contributed by atoms with Crippen molar-refractivity contribution in [2.75, 3.05) is 5.32 Å². The summed E-state index contributed by atoms with van der Waals surface area (Å²) in [6.45, 7) is 0. The van der Waals surface area contributed by atoms with Crippen molar-refractivity contribution in [3.05, 3.63) is 64.5 Å². The molecular weight excluding hydrogens is 297 g/mol. The first-order valence-electron chi connectivity index (χ1n) is 5.82. The number of rotatable bonds is 2. The second kappa shape index (κ2) is 5.15. The molecular formula is C14H9Cl2N3O. The molecule has 4 nitrogen and oxygen atoms in total. The van der Waals surface area contributed by atoms with Crippen LogP contribution in [0.15, 0.2) is 48.9 Å². The molecule has 1 aromatic carbocycles. The van der Waals surface area contributed by atoms with Gasteiger partial charge in [-0.2, -0.15) is 0 Å². The molecule has 20 heavy (non-hydrogen) atoms. The maximum Gasteiger partial charge on any atom is 0.257 e. The average molecular weight is 306 g/mol. The minimum atomic E-state index is -0.223. The van der Waals surface area contributed by atoms with Gasteiger partial charge in [0.25, 0.3) is 5.91 Å². The third-order valence-electron chi connectivity index (χ3n) is 2.83. The lowest BCUT2D eigenvalue weighted by molar-refractivity contribution is 0.102. The van der Waals surface area contributed by atoms with E-state index in [-0.39, 0.29) is 5.91 Å². The first kappa shape index (κ1) is 13.0. The van der Waals surface area contributed by atoms with Crippen LogP contribution in [0.4, 0.5) is 5.69 Å². The number of nitrogens with one attached hydrogen (secondary N) is 1. The molecule has 6 heteroatoms. The number of carbonyl (C=O) groups is 1. The van der Waals surface area contributed by atoms with Crippen molar-refractivity contribution in [2.45, 2.75) is 0 Å². The van der Waals surface area contributed by atoms with Gasteiger partial charge in [0, 0.05) is 24.3 Å². The Morgan fingerprint density at radius 1 is 1.15 bits per heavy atom. The SMILES string of the molecule is O=C(Nc1ccc(Cl)c(Cl)c1)c1ccc2nccn2c1. The van der Waals surface area contributed by atoms with Gasteiger partial charge in [-0.15, -0.1) is 0 Å². The molecule has 0 spiro atoms. The molecule has 0 aliphatic heterocycles. The highest BCUT2D eigenvalue weighted by Gasteiger charge is 2.08. The van der Waals surface area contributed by atoms with Crippen LogP contribution in [0.2, 0.25) is 10.0 Å². The van der Waals surface area contributed by atoms with E-state index in [1.165, 1.54) is 0 Å². The molecule has 1 amide bonds. The Morgan fingerprint density at radius 3 is 2.80 bits per heavy atom. The number of pyridine rings is 1. The van der Waals surface area contributed by atoms with E-state index < -0.39 is 0 Å². The van der Waals surface area contributed by atoms with Crippen molar-refractivity contribution in [1.82, 2.24) is 9.38 Å². The molecule has 0 saturated carbocycles. The number of amides is 1. The lowest BCUT2D eigenvalue weighted by Gasteiger charge is -2.06. The Hall–Kier alpha value is -2.04. The van der Waals surface area contributed by atoms with Gasteiger partial charge in [0.2, 0.25) is 0 Å². The second-order valence-electron chi connectivity index (χ2n) is 4.19. The molecule has 0 aliphatic rings. The van der Waals surface area contributed by atoms with Crippen LogP contribution in [0.1, 0.15) is 10.4 Å². The third kappa shape index (κ3) is 2.48. The maximum atomic E-state index is 12.2. The van der Waals surface area contributed by atoms with E-state index >= 15 is 0 Å². The third-order valence-corrected chi connectivity index (χ3v) is 3.57. The van der Waals surface area contributed by atoms with Gasteiger partial charge in [-0.1, -0.05) is 23.2 Å². The zero-order valence-corrected chi connectivity index (χ0v) is 11.7. The fourth-order valence-corrected chi connectivity index (χ4v) is 2.13. The molecule has 2 aromatic heterocycles. The van der Waals surface area contributed by atoms with Gasteiger partial charge in [-0.05, 0) is 30.3 Å². The number of hydrogen-bond acceptors (Lipinski definition) is 2. The van der Waals surface area contributed by atoms with E-state index in [2.05, 4.69) is 10.3 Å². The summed E-state index contributed by atoms with van der Waals surface area (Å²) >= 11 is 11.7. The van der Waals surface area contributed by atoms with Gasteiger partial charge in [0.05, 0.1) is 15.6 Å². The quantitative estimate of drug-likeness (QED) is 0.780. The lowest BCUT2D eigenvalue weighted by atomic mass is 10.2. The number of carbonyl (C=O) groups excluding carboxylic acids is 1. The summed E-state index contributed by atoms with van der Waals surface area (Å²) in [4.78, 5) is 16.3. The zero-order chi connectivity index (χ0) is 14.1. The molecule has 0 saturated heterocycles. The number of hydrogen-bond donors (Lipinski definition) is 1. The summed E-state index contributed by atoms with van der Waals surface area (Å²) in [5.74, 6) is -0.223. The molecule has 0 atom stereocenters. The molecule has 0 radical (unpaired) electrons. The topological polar surface area (TPSA) is 46.4 Å². The highest BCUT2D eigenvalue weighted by molar-refractivity contribution is 6.42. The van der Waals surface area contributed by atoms with Crippen LogP contribution in [0, 0.1) is 0 Å². The number of benzene rings is 1. The van der Waals surface area contributed by atoms with E-state index in [1.54, 1.807) is 53.3 Å². The zero-order valence-electron chi connectivity index (χ0n) is 10.2. The molecule has 1 N–H and O–H groups in total. The van der Waals surface area contributed by atoms with Crippen LogP contribution in [-0.4, -0.2) is 15.3 Å². The van der Waals surface area contributed by atoms with E-state index in [9.17, 15) is 4.79 Å². The Bertz CT molecular complexity index is 798. The first-order chi connectivity index (χ1) is 9.63. The summed E-state index contributed by atoms with van der Waals surface area (Å²) in [5, 5.41) is 3.61. The monoisotopic (exact) mass is 305 g/mol. The van der Waals surface area contributed by atoms with E-state index in [4.69, 9.17) is 23.2 Å². The van der Waals surface area contributed by atoms with Crippen molar-refractivity contribution < 1.29 is 4.79 Å². The van der Waals surface area contributed by atoms with Gasteiger partial charge in [0.1, 0.15) is 5.65 Å². The lowest BCUT2D eigenvalue weighted by Crippen LogP contribution is -2.12. The highest BCUT2D eigenvalue weighted by Crippen LogP contribution is 2.25. The van der Waals surface area contributed by atoms with E-state index in [0.717, 1.165) is 5.65 Å². The molecule has 0 unspecified atom stereocenters. The normalized spacial score (nSPS) is 10.7. The second-order valence-corrected chi connectivity index (χ2v) is 5.01. The van der Waals surface area contributed by atoms with Crippen molar-refractivity contribution in [2.24, 2.45) is 0 Å². The largest absolute Gasteiger partial charge is 0.322 e. The van der Waals surface area contributed by atoms with Crippen molar-refractivity contribution in [3.63, 3.8) is 0 Å². The summed E-state index contributed by atoms with van der Waals surface area (Å²) in [6.07, 6.45) is 5.18. The van der Waals surface area contributed by atoms with Gasteiger partial charge in [-0.25, -0.2) is 4.98 Å². The Labute approximate surface area is 125 Å². The smallest absolute Gasteiger partial charge is 0.257 e. The van der Waals surface area contributed by atoms with E-state index in [0.29, 0.717) is 21.3 Å². The van der Waals surface area contributed by atoms with Crippen LogP contribution < -0.4 is 5.32 Å². The van der Waals surface area contributed by atoms with Gasteiger partial charge in [0.15, 0.2) is 0 Å². The predicted octanol–water partition coefficient (Wildman–Crippen LogP) is 3.89. The summed E-state index contributed by atoms with van der Waals surface area (Å²) in [5.41, 5.74) is 1.91. The number of nitrogens with zero attached hydrogens (tertiary/aromatic N) is 2. The van der Waals surface area contributed by atoms with Crippen LogP contribution in [-0.2, 0) is 0 Å². The maximum absolute atomic E-state index is 12.2. The summed E-state index contributed by atoms with van der Waals surface area (Å²) in [7, 11) is 0. The number of fused-ring (bicyclic) bond motifs is 1. The number of aromatic nitrogens is 2. The summed E-state index contributed by atoms with van der Waals surface area (Å²) in [6, 6.07) is 8.44. The van der Waals surface area contributed by atoms with E-state index in [1.807, 2.05) is 0 Å². The Kier molecular flexibility index (Phi) is 3.34. The minimum absolute atomic E-state index is 0.223. The summed E-state index contributed by atoms with van der Waals surface area (Å²) < 4.78 is 1.78. The van der Waals surface area contributed by atoms with Gasteiger partial charge < -0.3 is 9.72 Å². The molecule has 3 rings (SSSR count). The van der Waals surface area contributed by atoms with Crippen molar-refractivity contribution in [1.29, 1.82) is 0 Å². The number of anilines is 1. The van der Waals surface area contributed by atoms with Crippen molar-refractivity contribution in [3.8, 4) is 0 Å². The molecule has 100 valence electrons. The molecule has 0 bridgehead atoms. The average Bonchev–Trinajstić information content (AvgIpc) is 2.90. The van der Waals surface area contributed by atoms with Crippen LogP contribution in [0.3, 0.4) is 0 Å². The Balaban J connectivity index is 1.86. The minimum Gasteiger partial charge on any atom is -0.322 e. The predicted molar refractivity (Wildman–Crippen MR) is 79.6 cm³/mol. The fourth-order valence-electron chi connectivity index (χ4n) is 1.83. The first-order valence-corrected chi connectivity index (χ1v) is 6.58. The van der Waals surface area contributed by atoms with Gasteiger partial charge in [-0.3, -0.25) is 4.79 Å². The highest BCUT2D eigenvalue weighted by atomic mass is 35.5. The van der Waals surface area contributed by atoms with Crippen LogP contribution >= 0.6 is 23.2 Å².